The van der Waals surface area contributed by atoms with E-state index in [1.165, 1.54) is 0 Å². The van der Waals surface area contributed by atoms with E-state index in [-0.39, 0.29) is 12.6 Å². The molecule has 0 spiro atoms. The Morgan fingerprint density at radius 1 is 1.06 bits per heavy atom. The van der Waals surface area contributed by atoms with Crippen LogP contribution in [-0.4, -0.2) is 42.8 Å². The molecule has 1 aliphatic carbocycles. The molecule has 1 unspecified atom stereocenters. The second kappa shape index (κ2) is 4.92. The quantitative estimate of drug-likeness (QED) is 0.750. The standard InChI is InChI=1S/C11H19F3N2/c12-11(13,14)10-8-15-6-3-7-16(10)9-4-1-2-5-9/h9-10,15H,1-8H2. The molecular weight excluding hydrogens is 217 g/mol. The van der Waals surface area contributed by atoms with E-state index in [0.29, 0.717) is 13.1 Å². The third-order valence-corrected chi connectivity index (χ3v) is 3.68. The highest BCUT2D eigenvalue weighted by Gasteiger charge is 2.46. The summed E-state index contributed by atoms with van der Waals surface area (Å²) in [5, 5.41) is 2.90. The minimum atomic E-state index is -4.10. The topological polar surface area (TPSA) is 15.3 Å². The zero-order valence-corrected chi connectivity index (χ0v) is 9.39. The average molecular weight is 236 g/mol. The highest BCUT2D eigenvalue weighted by Crippen LogP contribution is 2.32. The zero-order chi connectivity index (χ0) is 11.6. The molecule has 2 fully saturated rings. The lowest BCUT2D eigenvalue weighted by molar-refractivity contribution is -0.186. The molecule has 0 amide bonds. The van der Waals surface area contributed by atoms with Gasteiger partial charge in [-0.3, -0.25) is 4.90 Å². The molecule has 0 radical (unpaired) electrons. The van der Waals surface area contributed by atoms with Crippen molar-refractivity contribution >= 4 is 0 Å². The van der Waals surface area contributed by atoms with E-state index in [0.717, 1.165) is 32.1 Å². The predicted molar refractivity (Wildman–Crippen MR) is 56.3 cm³/mol. The molecule has 1 atom stereocenters. The van der Waals surface area contributed by atoms with Crippen molar-refractivity contribution in [1.82, 2.24) is 10.2 Å². The summed E-state index contributed by atoms with van der Waals surface area (Å²) >= 11 is 0. The van der Waals surface area contributed by atoms with Crippen molar-refractivity contribution in [3.05, 3.63) is 0 Å². The van der Waals surface area contributed by atoms with E-state index < -0.39 is 12.2 Å². The Hall–Kier alpha value is -0.290. The average Bonchev–Trinajstić information content (AvgIpc) is 2.60. The summed E-state index contributed by atoms with van der Waals surface area (Å²) in [6.45, 7) is 1.34. The fourth-order valence-electron chi connectivity index (χ4n) is 2.88. The molecule has 2 rings (SSSR count). The van der Waals surface area contributed by atoms with E-state index in [2.05, 4.69) is 5.32 Å². The van der Waals surface area contributed by atoms with Crippen molar-refractivity contribution in [3.63, 3.8) is 0 Å². The normalized spacial score (nSPS) is 30.6. The molecule has 2 nitrogen and oxygen atoms in total. The fourth-order valence-corrected chi connectivity index (χ4v) is 2.88. The maximum absolute atomic E-state index is 12.9. The van der Waals surface area contributed by atoms with Gasteiger partial charge in [0.25, 0.3) is 0 Å². The summed E-state index contributed by atoms with van der Waals surface area (Å²) in [4.78, 5) is 1.70. The number of rotatable bonds is 1. The van der Waals surface area contributed by atoms with Crippen LogP contribution in [0.1, 0.15) is 32.1 Å². The molecule has 0 aromatic rings. The molecule has 1 saturated heterocycles. The zero-order valence-electron chi connectivity index (χ0n) is 9.39. The summed E-state index contributed by atoms with van der Waals surface area (Å²) in [6.07, 6.45) is 0.764. The monoisotopic (exact) mass is 236 g/mol. The first-order valence-electron chi connectivity index (χ1n) is 6.12. The molecule has 5 heteroatoms. The van der Waals surface area contributed by atoms with Crippen LogP contribution in [0.4, 0.5) is 13.2 Å². The maximum atomic E-state index is 12.9. The lowest BCUT2D eigenvalue weighted by Gasteiger charge is -2.35. The van der Waals surface area contributed by atoms with Crippen molar-refractivity contribution in [1.29, 1.82) is 0 Å². The van der Waals surface area contributed by atoms with E-state index in [1.807, 2.05) is 0 Å². The summed E-state index contributed by atoms with van der Waals surface area (Å²) in [6, 6.07) is -1.12. The summed E-state index contributed by atoms with van der Waals surface area (Å²) in [5.41, 5.74) is 0. The Balaban J connectivity index is 2.09. The van der Waals surface area contributed by atoms with Crippen LogP contribution in [0.5, 0.6) is 0 Å². The van der Waals surface area contributed by atoms with E-state index in [9.17, 15) is 13.2 Å². The number of halogens is 3. The smallest absolute Gasteiger partial charge is 0.315 e. The van der Waals surface area contributed by atoms with E-state index >= 15 is 0 Å². The van der Waals surface area contributed by atoms with Gasteiger partial charge in [-0.1, -0.05) is 12.8 Å². The second-order valence-corrected chi connectivity index (χ2v) is 4.79. The van der Waals surface area contributed by atoms with Gasteiger partial charge in [-0.15, -0.1) is 0 Å². The van der Waals surface area contributed by atoms with Crippen molar-refractivity contribution in [2.75, 3.05) is 19.6 Å². The molecule has 16 heavy (non-hydrogen) atoms. The summed E-state index contributed by atoms with van der Waals surface area (Å²) in [7, 11) is 0. The molecule has 2 aliphatic rings. The van der Waals surface area contributed by atoms with Gasteiger partial charge in [0.15, 0.2) is 0 Å². The minimum absolute atomic E-state index is 0.0556. The van der Waals surface area contributed by atoms with Crippen molar-refractivity contribution in [2.24, 2.45) is 0 Å². The molecule has 1 heterocycles. The third-order valence-electron chi connectivity index (χ3n) is 3.68. The van der Waals surface area contributed by atoms with Gasteiger partial charge >= 0.3 is 6.18 Å². The van der Waals surface area contributed by atoms with E-state index in [4.69, 9.17) is 0 Å². The van der Waals surface area contributed by atoms with Crippen molar-refractivity contribution < 1.29 is 13.2 Å². The third kappa shape index (κ3) is 2.69. The van der Waals surface area contributed by atoms with E-state index in [1.54, 1.807) is 4.90 Å². The molecule has 94 valence electrons. The van der Waals surface area contributed by atoms with Crippen LogP contribution in [0, 0.1) is 0 Å². The number of nitrogens with one attached hydrogen (secondary N) is 1. The van der Waals surface area contributed by atoms with Gasteiger partial charge < -0.3 is 5.32 Å². The maximum Gasteiger partial charge on any atom is 0.405 e. The molecule has 1 aliphatic heterocycles. The Kier molecular flexibility index (Phi) is 3.74. The minimum Gasteiger partial charge on any atom is -0.315 e. The van der Waals surface area contributed by atoms with Gasteiger partial charge in [0.1, 0.15) is 6.04 Å². The van der Waals surface area contributed by atoms with Gasteiger partial charge in [-0.05, 0) is 25.8 Å². The number of hydrogen-bond donors (Lipinski definition) is 1. The second-order valence-electron chi connectivity index (χ2n) is 4.79. The molecule has 0 bridgehead atoms. The van der Waals surface area contributed by atoms with Crippen LogP contribution in [-0.2, 0) is 0 Å². The first kappa shape index (κ1) is 12.2. The lowest BCUT2D eigenvalue weighted by Crippen LogP contribution is -2.53. The van der Waals surface area contributed by atoms with Crippen molar-refractivity contribution in [3.8, 4) is 0 Å². The van der Waals surface area contributed by atoms with Gasteiger partial charge in [0.2, 0.25) is 0 Å². The summed E-state index contributed by atoms with van der Waals surface area (Å²) < 4.78 is 38.8. The van der Waals surface area contributed by atoms with Gasteiger partial charge in [-0.2, -0.15) is 13.2 Å². The molecule has 1 saturated carbocycles. The van der Waals surface area contributed by atoms with Gasteiger partial charge in [0.05, 0.1) is 0 Å². The molecule has 0 aromatic carbocycles. The van der Waals surface area contributed by atoms with Crippen molar-refractivity contribution in [2.45, 2.75) is 50.4 Å². The number of nitrogens with zero attached hydrogens (tertiary/aromatic N) is 1. The van der Waals surface area contributed by atoms with Gasteiger partial charge in [0, 0.05) is 19.1 Å². The van der Waals surface area contributed by atoms with Crippen LogP contribution >= 0.6 is 0 Å². The Morgan fingerprint density at radius 2 is 1.75 bits per heavy atom. The molecule has 0 aromatic heterocycles. The van der Waals surface area contributed by atoms with Crippen LogP contribution < -0.4 is 5.32 Å². The largest absolute Gasteiger partial charge is 0.405 e. The molecular formula is C11H19F3N2. The Bertz CT molecular complexity index is 224. The Labute approximate surface area is 94.2 Å². The fraction of sp³-hybridized carbons (Fsp3) is 1.00. The van der Waals surface area contributed by atoms with Crippen LogP contribution in [0.2, 0.25) is 0 Å². The number of hydrogen-bond acceptors (Lipinski definition) is 2. The van der Waals surface area contributed by atoms with Gasteiger partial charge in [-0.25, -0.2) is 0 Å². The molecule has 1 N–H and O–H groups in total. The predicted octanol–water partition coefficient (Wildman–Crippen LogP) is 2.16. The Morgan fingerprint density at radius 3 is 2.38 bits per heavy atom. The van der Waals surface area contributed by atoms with Crippen LogP contribution in [0.25, 0.3) is 0 Å². The highest BCUT2D eigenvalue weighted by molar-refractivity contribution is 4.89. The summed E-state index contributed by atoms with van der Waals surface area (Å²) in [5.74, 6) is 0. The lowest BCUT2D eigenvalue weighted by atomic mass is 10.1. The first-order chi connectivity index (χ1) is 7.59. The van der Waals surface area contributed by atoms with Crippen LogP contribution in [0.15, 0.2) is 0 Å². The highest BCUT2D eigenvalue weighted by atomic mass is 19.4. The SMILES string of the molecule is FC(F)(F)C1CNCCCN1C1CCCC1. The first-order valence-corrected chi connectivity index (χ1v) is 6.12. The van der Waals surface area contributed by atoms with Crippen LogP contribution in [0.3, 0.4) is 0 Å². The number of alkyl halides is 3.